The van der Waals surface area contributed by atoms with E-state index in [1.165, 1.54) is 6.42 Å². The highest BCUT2D eigenvalue weighted by Crippen LogP contribution is 2.42. The van der Waals surface area contributed by atoms with Crippen molar-refractivity contribution in [1.29, 1.82) is 0 Å². The van der Waals surface area contributed by atoms with Gasteiger partial charge in [0.1, 0.15) is 5.71 Å². The van der Waals surface area contributed by atoms with Gasteiger partial charge in [-0.25, -0.2) is 4.99 Å². The van der Waals surface area contributed by atoms with Gasteiger partial charge < -0.3 is 10.4 Å². The fourth-order valence-corrected chi connectivity index (χ4v) is 3.06. The van der Waals surface area contributed by atoms with Crippen LogP contribution in [0.1, 0.15) is 39.0 Å². The molecule has 5 heteroatoms. The number of aliphatic imine (C=N–C) groups is 1. The van der Waals surface area contributed by atoms with Gasteiger partial charge in [0.25, 0.3) is 5.92 Å². The van der Waals surface area contributed by atoms with Crippen molar-refractivity contribution in [2.75, 3.05) is 5.32 Å². The number of para-hydroxylation sites is 2. The van der Waals surface area contributed by atoms with Gasteiger partial charge in [-0.1, -0.05) is 31.9 Å². The maximum absolute atomic E-state index is 14.3. The zero-order chi connectivity index (χ0) is 15.7. The normalized spacial score (nSPS) is 26.9. The highest BCUT2D eigenvalue weighted by atomic mass is 19.3. The fourth-order valence-electron chi connectivity index (χ4n) is 3.06. The van der Waals surface area contributed by atoms with E-state index in [4.69, 9.17) is 0 Å². The number of unbranched alkanes of at least 4 members (excludes halogenated alkanes) is 1. The quantitative estimate of drug-likeness (QED) is 0.767. The van der Waals surface area contributed by atoms with Gasteiger partial charge in [-0.3, -0.25) is 0 Å². The Morgan fingerprint density at radius 1 is 1.32 bits per heavy atom. The molecule has 1 aliphatic carbocycles. The van der Waals surface area contributed by atoms with Crippen LogP contribution >= 0.6 is 0 Å². The Kier molecular flexibility index (Phi) is 4.17. The van der Waals surface area contributed by atoms with Gasteiger partial charge in [0.05, 0.1) is 11.4 Å². The Hall–Kier alpha value is -1.49. The predicted molar refractivity (Wildman–Crippen MR) is 83.9 cm³/mol. The Balaban J connectivity index is 1.62. The maximum atomic E-state index is 14.3. The van der Waals surface area contributed by atoms with Gasteiger partial charge in [-0.05, 0) is 36.8 Å². The summed E-state index contributed by atoms with van der Waals surface area (Å²) in [5.41, 5.74) is 0.567. The number of anilines is 1. The first-order chi connectivity index (χ1) is 10.5. The van der Waals surface area contributed by atoms with E-state index >= 15 is 0 Å². The number of rotatable bonds is 6. The summed E-state index contributed by atoms with van der Waals surface area (Å²) in [4.78, 5) is 3.99. The zero-order valence-corrected chi connectivity index (χ0v) is 12.7. The smallest absolute Gasteiger partial charge is 0.290 e. The lowest BCUT2D eigenvalue weighted by atomic mass is 10.0. The first-order valence-corrected chi connectivity index (χ1v) is 7.98. The van der Waals surface area contributed by atoms with Crippen LogP contribution in [0.4, 0.5) is 20.2 Å². The van der Waals surface area contributed by atoms with E-state index in [2.05, 4.69) is 17.2 Å². The van der Waals surface area contributed by atoms with Crippen LogP contribution in [0.25, 0.3) is 0 Å². The van der Waals surface area contributed by atoms with Crippen molar-refractivity contribution in [2.45, 2.75) is 51.2 Å². The fraction of sp³-hybridized carbons (Fsp3) is 0.588. The van der Waals surface area contributed by atoms with E-state index in [9.17, 15) is 13.9 Å². The number of hydrogen-bond donors (Lipinski definition) is 2. The summed E-state index contributed by atoms with van der Waals surface area (Å²) < 4.78 is 28.7. The molecule has 2 aliphatic rings. The predicted octanol–water partition coefficient (Wildman–Crippen LogP) is 4.35. The molecule has 3 nitrogen and oxygen atoms in total. The van der Waals surface area contributed by atoms with Crippen molar-refractivity contribution >= 4 is 17.1 Å². The number of aliphatic hydroxyl groups is 1. The Morgan fingerprint density at radius 3 is 2.77 bits per heavy atom. The van der Waals surface area contributed by atoms with Gasteiger partial charge in [0.15, 0.2) is 6.23 Å². The molecule has 3 rings (SSSR count). The summed E-state index contributed by atoms with van der Waals surface area (Å²) in [6.07, 6.45) is 1.87. The van der Waals surface area contributed by atoms with Crippen LogP contribution in [-0.4, -0.2) is 23.0 Å². The minimum Gasteiger partial charge on any atom is -0.368 e. The summed E-state index contributed by atoms with van der Waals surface area (Å²) in [5, 5.41) is 12.6. The zero-order valence-electron chi connectivity index (χ0n) is 12.7. The lowest BCUT2D eigenvalue weighted by Crippen LogP contribution is -2.43. The molecular weight excluding hydrogens is 286 g/mol. The second-order valence-corrected chi connectivity index (χ2v) is 6.48. The topological polar surface area (TPSA) is 44.6 Å². The number of halogens is 2. The molecular formula is C17H22F2N2O. The average molecular weight is 308 g/mol. The molecule has 0 aromatic heterocycles. The Labute approximate surface area is 129 Å². The van der Waals surface area contributed by atoms with Crippen LogP contribution in [-0.2, 0) is 0 Å². The van der Waals surface area contributed by atoms with E-state index in [-0.39, 0.29) is 6.42 Å². The van der Waals surface area contributed by atoms with E-state index in [1.807, 2.05) is 0 Å². The molecule has 22 heavy (non-hydrogen) atoms. The number of fused-ring (bicyclic) bond motifs is 1. The highest BCUT2D eigenvalue weighted by Gasteiger charge is 2.41. The first-order valence-electron chi connectivity index (χ1n) is 7.98. The van der Waals surface area contributed by atoms with Crippen LogP contribution in [0.15, 0.2) is 29.3 Å². The third-order valence-electron chi connectivity index (χ3n) is 4.66. The number of nitrogens with one attached hydrogen (secondary N) is 1. The summed E-state index contributed by atoms with van der Waals surface area (Å²) in [6, 6.07) is 6.90. The maximum Gasteiger partial charge on any atom is 0.290 e. The van der Waals surface area contributed by atoms with Crippen molar-refractivity contribution < 1.29 is 13.9 Å². The molecule has 3 atom stereocenters. The molecule has 1 aromatic rings. The van der Waals surface area contributed by atoms with E-state index in [0.717, 1.165) is 24.7 Å². The molecule has 1 aliphatic heterocycles. The number of nitrogens with zero attached hydrogens (tertiary/aromatic N) is 1. The lowest BCUT2D eigenvalue weighted by molar-refractivity contribution is 0.0530. The second kappa shape index (κ2) is 5.95. The van der Waals surface area contributed by atoms with Gasteiger partial charge in [0, 0.05) is 6.42 Å². The molecule has 1 aromatic carbocycles. The largest absolute Gasteiger partial charge is 0.368 e. The third-order valence-corrected chi connectivity index (χ3v) is 4.66. The van der Waals surface area contributed by atoms with Crippen LogP contribution in [0.5, 0.6) is 0 Å². The standard InChI is InChI=1S/C17H22F2N2O/c1-11-10-12(11)6-4-5-9-17(18,19)15-16(22)21-14-8-3-2-7-13(14)20-15/h2-3,7-8,11-12,16,21-22H,4-6,9-10H2,1H3/t11?,12-,16?/m1/s1. The van der Waals surface area contributed by atoms with Crippen molar-refractivity contribution in [3.05, 3.63) is 24.3 Å². The van der Waals surface area contributed by atoms with E-state index in [1.54, 1.807) is 24.3 Å². The molecule has 2 unspecified atom stereocenters. The summed E-state index contributed by atoms with van der Waals surface area (Å²) in [5.74, 6) is -1.57. The number of alkyl halides is 2. The summed E-state index contributed by atoms with van der Waals surface area (Å²) >= 11 is 0. The van der Waals surface area contributed by atoms with Gasteiger partial charge >= 0.3 is 0 Å². The minimum atomic E-state index is -3.07. The second-order valence-electron chi connectivity index (χ2n) is 6.48. The van der Waals surface area contributed by atoms with Crippen molar-refractivity contribution in [1.82, 2.24) is 0 Å². The monoisotopic (exact) mass is 308 g/mol. The van der Waals surface area contributed by atoms with Crippen LogP contribution in [0.2, 0.25) is 0 Å². The average Bonchev–Trinajstić information content (AvgIpc) is 3.18. The minimum absolute atomic E-state index is 0.256. The Bertz CT molecular complexity index is 574. The van der Waals surface area contributed by atoms with Crippen LogP contribution in [0, 0.1) is 11.8 Å². The molecule has 0 spiro atoms. The highest BCUT2D eigenvalue weighted by molar-refractivity contribution is 6.01. The van der Waals surface area contributed by atoms with Crippen molar-refractivity contribution in [3.63, 3.8) is 0 Å². The van der Waals surface area contributed by atoms with Crippen molar-refractivity contribution in [3.8, 4) is 0 Å². The van der Waals surface area contributed by atoms with Gasteiger partial charge in [-0.2, -0.15) is 8.78 Å². The van der Waals surface area contributed by atoms with Crippen LogP contribution < -0.4 is 5.32 Å². The molecule has 0 saturated heterocycles. The number of aliphatic hydroxyl groups excluding tert-OH is 1. The number of hydrogen-bond acceptors (Lipinski definition) is 3. The summed E-state index contributed by atoms with van der Waals surface area (Å²) in [6.45, 7) is 2.20. The van der Waals surface area contributed by atoms with E-state index < -0.39 is 17.9 Å². The first kappa shape index (κ1) is 15.4. The SMILES string of the molecule is CC1C[C@H]1CCCCC(F)(F)C1=Nc2ccccc2NC1O. The van der Waals surface area contributed by atoms with Gasteiger partial charge in [0.2, 0.25) is 0 Å². The molecule has 0 bridgehead atoms. The molecule has 2 N–H and O–H groups in total. The molecule has 1 heterocycles. The third kappa shape index (κ3) is 3.29. The lowest BCUT2D eigenvalue weighted by Gasteiger charge is -2.28. The molecule has 0 radical (unpaired) electrons. The van der Waals surface area contributed by atoms with Crippen molar-refractivity contribution in [2.24, 2.45) is 16.8 Å². The number of benzene rings is 1. The molecule has 0 amide bonds. The molecule has 1 fully saturated rings. The molecule has 1 saturated carbocycles. The molecule has 120 valence electrons. The van der Waals surface area contributed by atoms with Gasteiger partial charge in [-0.15, -0.1) is 0 Å². The van der Waals surface area contributed by atoms with Crippen LogP contribution in [0.3, 0.4) is 0 Å². The Morgan fingerprint density at radius 2 is 2.05 bits per heavy atom. The van der Waals surface area contributed by atoms with E-state index in [0.29, 0.717) is 17.8 Å². The summed E-state index contributed by atoms with van der Waals surface area (Å²) in [7, 11) is 0.